The van der Waals surface area contributed by atoms with Gasteiger partial charge in [0.25, 0.3) is 11.3 Å². The number of carboxylic acid groups (broad SMARTS) is 1. The molecule has 4 N–H and O–H groups in total. The molecule has 1 saturated carbocycles. The Morgan fingerprint density at radius 2 is 1.85 bits per heavy atom. The number of furan rings is 1. The highest BCUT2D eigenvalue weighted by molar-refractivity contribution is 7.80. The zero-order valence-electron chi connectivity index (χ0n) is 19.1. The van der Waals surface area contributed by atoms with E-state index < -0.39 is 29.2 Å². The monoisotopic (exact) mass is 487 g/mol. The Labute approximate surface area is 199 Å². The Morgan fingerprint density at radius 1 is 1.12 bits per heavy atom. The number of anilines is 2. The second-order valence-corrected chi connectivity index (χ2v) is 9.92. The molecule has 1 heterocycles. The van der Waals surface area contributed by atoms with Gasteiger partial charge in [-0.15, -0.1) is 0 Å². The fourth-order valence-corrected chi connectivity index (χ4v) is 5.43. The molecule has 4 rings (SSSR count). The van der Waals surface area contributed by atoms with E-state index in [4.69, 9.17) is 4.42 Å². The molecule has 2 unspecified atom stereocenters. The number of carbonyl (C=O) groups excluding carboxylic acids is 1. The summed E-state index contributed by atoms with van der Waals surface area (Å²) in [5.41, 5.74) is 1.96. The van der Waals surface area contributed by atoms with E-state index in [2.05, 4.69) is 10.6 Å². The van der Waals surface area contributed by atoms with Crippen LogP contribution in [0.1, 0.15) is 39.5 Å². The summed E-state index contributed by atoms with van der Waals surface area (Å²) in [5.74, 6) is -1.04. The molecule has 1 aromatic heterocycles. The topological polar surface area (TPSA) is 132 Å². The number of benzene rings is 2. The van der Waals surface area contributed by atoms with Crippen LogP contribution in [0, 0.1) is 11.8 Å². The lowest BCUT2D eigenvalue weighted by Crippen LogP contribution is -2.45. The van der Waals surface area contributed by atoms with Crippen molar-refractivity contribution < 1.29 is 27.9 Å². The summed E-state index contributed by atoms with van der Waals surface area (Å²) in [6.07, 6.45) is 4.75. The number of carbonyl (C=O) groups is 2. The molecule has 0 spiro atoms. The molecule has 1 aliphatic rings. The lowest BCUT2D eigenvalue weighted by molar-refractivity contribution is -0.139. The maximum atomic E-state index is 12.3. The standard InChI is InChI=1S/C24H29N3O6S/c1-14(2)22(23(28)29)27(34(31)32)17-8-10-20-19(12-17)18-9-7-16(11-21(18)33-20)26-24(30)25-13-15-5-3-4-6-15/h7-12,14-15,22H,3-6,13H2,1-2H3,(H,28,29)(H,31,32)(H2,25,26,30). The van der Waals surface area contributed by atoms with Gasteiger partial charge in [0.05, 0.1) is 5.69 Å². The van der Waals surface area contributed by atoms with E-state index in [1.165, 1.54) is 12.8 Å². The van der Waals surface area contributed by atoms with Crippen molar-refractivity contribution >= 4 is 56.6 Å². The molecule has 1 aliphatic carbocycles. The van der Waals surface area contributed by atoms with E-state index >= 15 is 0 Å². The van der Waals surface area contributed by atoms with Gasteiger partial charge in [0.1, 0.15) is 17.2 Å². The van der Waals surface area contributed by atoms with Gasteiger partial charge in [0, 0.05) is 29.1 Å². The van der Waals surface area contributed by atoms with Crippen molar-refractivity contribution in [1.82, 2.24) is 5.32 Å². The van der Waals surface area contributed by atoms with E-state index in [1.807, 2.05) is 0 Å². The average Bonchev–Trinajstić information content (AvgIpc) is 3.42. The first kappa shape index (κ1) is 24.0. The number of carboxylic acids is 1. The summed E-state index contributed by atoms with van der Waals surface area (Å²) < 4.78 is 28.8. The molecule has 3 aromatic rings. The molecule has 0 radical (unpaired) electrons. The lowest BCUT2D eigenvalue weighted by Gasteiger charge is -2.29. The molecular formula is C24H29N3O6S. The highest BCUT2D eigenvalue weighted by atomic mass is 32.2. The maximum absolute atomic E-state index is 12.3. The minimum atomic E-state index is -2.54. The van der Waals surface area contributed by atoms with Gasteiger partial charge in [0.2, 0.25) is 0 Å². The Kier molecular flexibility index (Phi) is 7.08. The largest absolute Gasteiger partial charge is 0.480 e. The number of hydrogen-bond donors (Lipinski definition) is 4. The minimum absolute atomic E-state index is 0.265. The molecule has 2 amide bonds. The van der Waals surface area contributed by atoms with E-state index in [1.54, 1.807) is 50.2 Å². The van der Waals surface area contributed by atoms with Crippen molar-refractivity contribution in [3.63, 3.8) is 0 Å². The fraction of sp³-hybridized carbons (Fsp3) is 0.417. The smallest absolute Gasteiger partial charge is 0.327 e. The summed E-state index contributed by atoms with van der Waals surface area (Å²) in [6.45, 7) is 4.03. The van der Waals surface area contributed by atoms with Crippen LogP contribution in [-0.4, -0.2) is 38.5 Å². The molecule has 0 saturated heterocycles. The molecule has 0 bridgehead atoms. The summed E-state index contributed by atoms with van der Waals surface area (Å²) in [6, 6.07) is 8.69. The van der Waals surface area contributed by atoms with Crippen molar-refractivity contribution in [3.05, 3.63) is 36.4 Å². The molecule has 2 aromatic carbocycles. The van der Waals surface area contributed by atoms with Crippen LogP contribution in [0.25, 0.3) is 21.9 Å². The van der Waals surface area contributed by atoms with Crippen LogP contribution in [-0.2, 0) is 16.1 Å². The number of fused-ring (bicyclic) bond motifs is 3. The molecule has 34 heavy (non-hydrogen) atoms. The van der Waals surface area contributed by atoms with Crippen molar-refractivity contribution in [2.75, 3.05) is 16.2 Å². The first-order valence-corrected chi connectivity index (χ1v) is 12.4. The molecule has 9 nitrogen and oxygen atoms in total. The third-order valence-corrected chi connectivity index (χ3v) is 7.07. The van der Waals surface area contributed by atoms with Gasteiger partial charge in [-0.3, -0.25) is 8.86 Å². The van der Waals surface area contributed by atoms with Crippen molar-refractivity contribution in [2.24, 2.45) is 11.8 Å². The zero-order chi connectivity index (χ0) is 24.4. The predicted molar refractivity (Wildman–Crippen MR) is 132 cm³/mol. The zero-order valence-corrected chi connectivity index (χ0v) is 19.9. The number of hydrogen-bond acceptors (Lipinski definition) is 4. The second kappa shape index (κ2) is 10.0. The minimum Gasteiger partial charge on any atom is -0.480 e. The van der Waals surface area contributed by atoms with E-state index in [9.17, 15) is 23.5 Å². The molecule has 0 aliphatic heterocycles. The number of amides is 2. The fourth-order valence-electron chi connectivity index (χ4n) is 4.61. The van der Waals surface area contributed by atoms with Crippen LogP contribution in [0.4, 0.5) is 16.2 Å². The first-order chi connectivity index (χ1) is 16.2. The molecule has 10 heteroatoms. The summed E-state index contributed by atoms with van der Waals surface area (Å²) in [7, 11) is 0. The number of nitrogens with one attached hydrogen (secondary N) is 2. The van der Waals surface area contributed by atoms with Gasteiger partial charge >= 0.3 is 12.0 Å². The third-order valence-electron chi connectivity index (χ3n) is 6.30. The Morgan fingerprint density at radius 3 is 2.50 bits per heavy atom. The van der Waals surface area contributed by atoms with Gasteiger partial charge in [-0.25, -0.2) is 13.8 Å². The van der Waals surface area contributed by atoms with Crippen LogP contribution in [0.2, 0.25) is 0 Å². The third kappa shape index (κ3) is 5.02. The van der Waals surface area contributed by atoms with Crippen molar-refractivity contribution in [2.45, 2.75) is 45.6 Å². The number of nitrogens with zero attached hydrogens (tertiary/aromatic N) is 1. The highest BCUT2D eigenvalue weighted by Crippen LogP contribution is 2.34. The second-order valence-electron chi connectivity index (χ2n) is 9.06. The maximum Gasteiger partial charge on any atom is 0.327 e. The number of aliphatic carboxylic acids is 1. The van der Waals surface area contributed by atoms with Crippen LogP contribution in [0.5, 0.6) is 0 Å². The number of urea groups is 1. The summed E-state index contributed by atoms with van der Waals surface area (Å²) in [4.78, 5) is 24.1. The van der Waals surface area contributed by atoms with Gasteiger partial charge in [0.15, 0.2) is 0 Å². The highest BCUT2D eigenvalue weighted by Gasteiger charge is 2.33. The average molecular weight is 488 g/mol. The van der Waals surface area contributed by atoms with Crippen molar-refractivity contribution in [1.29, 1.82) is 0 Å². The van der Waals surface area contributed by atoms with Gasteiger partial charge in [-0.05, 0) is 55.0 Å². The first-order valence-electron chi connectivity index (χ1n) is 11.4. The lowest BCUT2D eigenvalue weighted by atomic mass is 10.0. The Hall–Kier alpha value is -3.11. The Balaban J connectivity index is 1.59. The molecular weight excluding hydrogens is 458 g/mol. The SMILES string of the molecule is CC(C)C(C(=O)O)N(c1ccc2oc3cc(NC(=O)NCC4CCCC4)ccc3c2c1)S(=O)O. The summed E-state index contributed by atoms with van der Waals surface area (Å²) >= 11 is -2.54. The molecule has 182 valence electrons. The normalized spacial score (nSPS) is 16.1. The van der Waals surface area contributed by atoms with Gasteiger partial charge < -0.3 is 20.2 Å². The summed E-state index contributed by atoms with van der Waals surface area (Å²) in [5, 5.41) is 16.8. The van der Waals surface area contributed by atoms with Crippen molar-refractivity contribution in [3.8, 4) is 0 Å². The van der Waals surface area contributed by atoms with E-state index in [-0.39, 0.29) is 6.03 Å². The van der Waals surface area contributed by atoms with Crippen LogP contribution in [0.3, 0.4) is 0 Å². The predicted octanol–water partition coefficient (Wildman–Crippen LogP) is 4.95. The van der Waals surface area contributed by atoms with Crippen LogP contribution < -0.4 is 14.9 Å². The van der Waals surface area contributed by atoms with Gasteiger partial charge in [-0.1, -0.05) is 26.7 Å². The molecule has 2 atom stereocenters. The Bertz CT molecular complexity index is 1230. The van der Waals surface area contributed by atoms with Crippen LogP contribution >= 0.6 is 0 Å². The quantitative estimate of drug-likeness (QED) is 0.332. The van der Waals surface area contributed by atoms with Crippen LogP contribution in [0.15, 0.2) is 40.8 Å². The van der Waals surface area contributed by atoms with E-state index in [0.717, 1.165) is 22.5 Å². The van der Waals surface area contributed by atoms with E-state index in [0.29, 0.717) is 40.4 Å². The van der Waals surface area contributed by atoms with Gasteiger partial charge in [-0.2, -0.15) is 0 Å². The number of rotatable bonds is 8. The molecule has 1 fully saturated rings.